The number of methoxy groups -OCH3 is 1. The Labute approximate surface area is 138 Å². The molecule has 2 heterocycles. The molecule has 0 spiro atoms. The third-order valence-corrected chi connectivity index (χ3v) is 4.73. The molecule has 1 amide bonds. The van der Waals surface area contributed by atoms with Crippen molar-refractivity contribution in [3.8, 4) is 5.75 Å². The molecular weight excluding hydrogens is 314 g/mol. The van der Waals surface area contributed by atoms with Gasteiger partial charge >= 0.3 is 0 Å². The topological polar surface area (TPSA) is 84.3 Å². The van der Waals surface area contributed by atoms with Crippen molar-refractivity contribution >= 4 is 17.2 Å². The minimum atomic E-state index is -0.281. The zero-order valence-electron chi connectivity index (χ0n) is 12.8. The average molecular weight is 333 g/mol. The van der Waals surface area contributed by atoms with Crippen LogP contribution in [-0.4, -0.2) is 34.2 Å². The van der Waals surface area contributed by atoms with Crippen molar-refractivity contribution in [3.05, 3.63) is 40.6 Å². The maximum Gasteiger partial charge on any atom is 0.226 e. The number of thiazole rings is 1. The van der Waals surface area contributed by atoms with Crippen LogP contribution in [0.1, 0.15) is 30.1 Å². The molecule has 122 valence electrons. The van der Waals surface area contributed by atoms with Gasteiger partial charge in [0, 0.05) is 11.6 Å². The van der Waals surface area contributed by atoms with Gasteiger partial charge in [0.15, 0.2) is 0 Å². The lowest BCUT2D eigenvalue weighted by atomic mass is 9.75. The first-order chi connectivity index (χ1) is 11.2. The minimum absolute atomic E-state index is 0.0786. The van der Waals surface area contributed by atoms with E-state index in [1.807, 2.05) is 11.4 Å². The standard InChI is InChI=1S/C16H19N3O3S/c1-22-14-4-11(6-17-7-14)16(10-2-13(20)3-10)19-15(21)5-12-8-23-9-18-12/h4,6-10,13,16,20H,2-3,5H2,1H3,(H,19,21)/t10?,13?,16-/m1/s1. The predicted octanol–water partition coefficient (Wildman–Crippen LogP) is 1.72. The highest BCUT2D eigenvalue weighted by atomic mass is 32.1. The van der Waals surface area contributed by atoms with Gasteiger partial charge in [-0.2, -0.15) is 0 Å². The summed E-state index contributed by atoms with van der Waals surface area (Å²) in [4.78, 5) is 20.6. The fourth-order valence-electron chi connectivity index (χ4n) is 2.81. The van der Waals surface area contributed by atoms with E-state index in [1.54, 1.807) is 25.0 Å². The molecule has 0 aliphatic heterocycles. The number of amides is 1. The first kappa shape index (κ1) is 15.9. The number of aliphatic hydroxyl groups is 1. The van der Waals surface area contributed by atoms with Crippen LogP contribution < -0.4 is 10.1 Å². The van der Waals surface area contributed by atoms with Crippen molar-refractivity contribution in [2.75, 3.05) is 7.11 Å². The van der Waals surface area contributed by atoms with Crippen LogP contribution in [0.4, 0.5) is 0 Å². The number of aliphatic hydroxyl groups excluding tert-OH is 1. The van der Waals surface area contributed by atoms with Gasteiger partial charge in [0.1, 0.15) is 5.75 Å². The largest absolute Gasteiger partial charge is 0.495 e. The smallest absolute Gasteiger partial charge is 0.226 e. The molecule has 2 aromatic heterocycles. The molecule has 0 radical (unpaired) electrons. The van der Waals surface area contributed by atoms with E-state index in [1.165, 1.54) is 11.3 Å². The van der Waals surface area contributed by atoms with E-state index in [9.17, 15) is 9.90 Å². The summed E-state index contributed by atoms with van der Waals surface area (Å²) in [6.07, 6.45) is 4.70. The molecule has 1 aliphatic rings. The van der Waals surface area contributed by atoms with Gasteiger partial charge in [-0.05, 0) is 30.4 Å². The van der Waals surface area contributed by atoms with E-state index in [2.05, 4.69) is 15.3 Å². The molecule has 1 saturated carbocycles. The SMILES string of the molecule is COc1cncc([C@H](NC(=O)Cc2cscn2)C2CC(O)C2)c1. The third kappa shape index (κ3) is 3.86. The Morgan fingerprint density at radius 3 is 3.00 bits per heavy atom. The number of carbonyl (C=O) groups excluding carboxylic acids is 1. The highest BCUT2D eigenvalue weighted by Gasteiger charge is 2.36. The van der Waals surface area contributed by atoms with Crippen molar-refractivity contribution in [1.82, 2.24) is 15.3 Å². The minimum Gasteiger partial charge on any atom is -0.495 e. The monoisotopic (exact) mass is 333 g/mol. The lowest BCUT2D eigenvalue weighted by molar-refractivity contribution is -0.122. The molecule has 2 N–H and O–H groups in total. The number of nitrogens with one attached hydrogen (secondary N) is 1. The normalized spacial score (nSPS) is 21.3. The van der Waals surface area contributed by atoms with Crippen LogP contribution >= 0.6 is 11.3 Å². The van der Waals surface area contributed by atoms with Gasteiger partial charge in [-0.1, -0.05) is 0 Å². The second-order valence-electron chi connectivity index (χ2n) is 5.75. The Bertz CT molecular complexity index is 656. The Morgan fingerprint density at radius 2 is 2.35 bits per heavy atom. The second kappa shape index (κ2) is 7.06. The van der Waals surface area contributed by atoms with E-state index >= 15 is 0 Å². The van der Waals surface area contributed by atoms with Crippen LogP contribution in [-0.2, 0) is 11.2 Å². The molecule has 0 aromatic carbocycles. The number of rotatable bonds is 6. The zero-order chi connectivity index (χ0) is 16.2. The maximum absolute atomic E-state index is 12.3. The molecule has 1 fully saturated rings. The Hall–Kier alpha value is -1.99. The van der Waals surface area contributed by atoms with Crippen molar-refractivity contribution in [3.63, 3.8) is 0 Å². The van der Waals surface area contributed by atoms with E-state index < -0.39 is 0 Å². The van der Waals surface area contributed by atoms with Crippen LogP contribution in [0.25, 0.3) is 0 Å². The second-order valence-corrected chi connectivity index (χ2v) is 6.46. The van der Waals surface area contributed by atoms with E-state index in [4.69, 9.17) is 4.74 Å². The van der Waals surface area contributed by atoms with Crippen molar-refractivity contribution in [2.24, 2.45) is 5.92 Å². The molecule has 6 nitrogen and oxygen atoms in total. The summed E-state index contributed by atoms with van der Waals surface area (Å²) in [7, 11) is 1.59. The van der Waals surface area contributed by atoms with Crippen molar-refractivity contribution < 1.29 is 14.6 Å². The average Bonchev–Trinajstić information content (AvgIpc) is 3.03. The molecule has 3 rings (SSSR count). The first-order valence-corrected chi connectivity index (χ1v) is 8.43. The van der Waals surface area contributed by atoms with Crippen LogP contribution in [0.5, 0.6) is 5.75 Å². The molecule has 0 saturated heterocycles. The van der Waals surface area contributed by atoms with E-state index in [-0.39, 0.29) is 30.4 Å². The molecule has 0 unspecified atom stereocenters. The van der Waals surface area contributed by atoms with E-state index in [0.29, 0.717) is 18.6 Å². The first-order valence-electron chi connectivity index (χ1n) is 7.49. The highest BCUT2D eigenvalue weighted by molar-refractivity contribution is 7.07. The zero-order valence-corrected chi connectivity index (χ0v) is 13.6. The Kier molecular flexibility index (Phi) is 4.88. The molecule has 7 heteroatoms. The number of hydrogen-bond acceptors (Lipinski definition) is 6. The van der Waals surface area contributed by atoms with Gasteiger partial charge in [-0.15, -0.1) is 11.3 Å². The van der Waals surface area contributed by atoms with Gasteiger partial charge in [0.25, 0.3) is 0 Å². The Morgan fingerprint density at radius 1 is 1.52 bits per heavy atom. The van der Waals surface area contributed by atoms with Crippen LogP contribution in [0.15, 0.2) is 29.4 Å². The third-order valence-electron chi connectivity index (χ3n) is 4.09. The van der Waals surface area contributed by atoms with Crippen molar-refractivity contribution in [2.45, 2.75) is 31.4 Å². The lowest BCUT2D eigenvalue weighted by Gasteiger charge is -2.38. The van der Waals surface area contributed by atoms with Crippen LogP contribution in [0.2, 0.25) is 0 Å². The summed E-state index contributed by atoms with van der Waals surface area (Å²) >= 11 is 1.47. The molecule has 1 atom stereocenters. The summed E-state index contributed by atoms with van der Waals surface area (Å²) < 4.78 is 5.21. The summed E-state index contributed by atoms with van der Waals surface area (Å²) in [5.41, 5.74) is 3.38. The molecule has 0 bridgehead atoms. The maximum atomic E-state index is 12.3. The number of pyridine rings is 1. The summed E-state index contributed by atoms with van der Waals surface area (Å²) in [5.74, 6) is 0.782. The Balaban J connectivity index is 1.74. The van der Waals surface area contributed by atoms with Gasteiger partial charge < -0.3 is 15.2 Å². The highest BCUT2D eigenvalue weighted by Crippen LogP contribution is 2.38. The fraction of sp³-hybridized carbons (Fsp3) is 0.438. The number of ether oxygens (including phenoxy) is 1. The van der Waals surface area contributed by atoms with Crippen molar-refractivity contribution in [1.29, 1.82) is 0 Å². The quantitative estimate of drug-likeness (QED) is 0.841. The van der Waals surface area contributed by atoms with Gasteiger partial charge in [-0.3, -0.25) is 9.78 Å². The van der Waals surface area contributed by atoms with Crippen LogP contribution in [0.3, 0.4) is 0 Å². The van der Waals surface area contributed by atoms with Gasteiger partial charge in [0.05, 0.1) is 43.1 Å². The van der Waals surface area contributed by atoms with Gasteiger partial charge in [-0.25, -0.2) is 4.98 Å². The lowest BCUT2D eigenvalue weighted by Crippen LogP contribution is -2.42. The summed E-state index contributed by atoms with van der Waals surface area (Å²) in [6, 6.07) is 1.71. The number of carbonyl (C=O) groups is 1. The predicted molar refractivity (Wildman–Crippen MR) is 86.2 cm³/mol. The number of nitrogens with zero attached hydrogens (tertiary/aromatic N) is 2. The number of aromatic nitrogens is 2. The molecule has 1 aliphatic carbocycles. The van der Waals surface area contributed by atoms with Gasteiger partial charge in [0.2, 0.25) is 5.91 Å². The molecule has 2 aromatic rings. The summed E-state index contributed by atoms with van der Waals surface area (Å²) in [6.45, 7) is 0. The fourth-order valence-corrected chi connectivity index (χ4v) is 3.36. The van der Waals surface area contributed by atoms with E-state index in [0.717, 1.165) is 11.3 Å². The summed E-state index contributed by atoms with van der Waals surface area (Å²) in [5, 5.41) is 14.5. The molecular formula is C16H19N3O3S. The molecule has 23 heavy (non-hydrogen) atoms. The number of hydrogen-bond donors (Lipinski definition) is 2. The van der Waals surface area contributed by atoms with Crippen LogP contribution in [0, 0.1) is 5.92 Å².